The molecule has 0 atom stereocenters. The maximum absolute atomic E-state index is 9.04. The van der Waals surface area contributed by atoms with Gasteiger partial charge in [-0.3, -0.25) is 0 Å². The maximum Gasteiger partial charge on any atom is 0.216 e. The predicted molar refractivity (Wildman–Crippen MR) is 65.4 cm³/mol. The topological polar surface area (TPSA) is 116 Å². The van der Waals surface area contributed by atoms with Gasteiger partial charge in [0, 0.05) is 6.20 Å². The summed E-state index contributed by atoms with van der Waals surface area (Å²) in [5.41, 5.74) is 2.33. The minimum Gasteiger partial charge on any atom is -0.443 e. The number of tetrazole rings is 1. The van der Waals surface area contributed by atoms with Gasteiger partial charge in [-0.05, 0) is 17.3 Å². The third-order valence-corrected chi connectivity index (χ3v) is 2.44. The second kappa shape index (κ2) is 4.58. The minimum absolute atomic E-state index is 0.224. The molecule has 0 amide bonds. The second-order valence-corrected chi connectivity index (χ2v) is 3.55. The highest BCUT2D eigenvalue weighted by molar-refractivity contribution is 5.87. The van der Waals surface area contributed by atoms with Crippen molar-refractivity contribution in [2.24, 2.45) is 0 Å². The summed E-state index contributed by atoms with van der Waals surface area (Å²) in [6.07, 6.45) is 2.86. The molecule has 0 saturated carbocycles. The lowest BCUT2D eigenvalue weighted by molar-refractivity contribution is 0.602. The first-order chi connectivity index (χ1) is 9.38. The summed E-state index contributed by atoms with van der Waals surface area (Å²) in [4.78, 5) is 4.09. The van der Waals surface area contributed by atoms with Crippen molar-refractivity contribution in [2.45, 2.75) is 0 Å². The molecule has 0 aliphatic carbocycles. The van der Waals surface area contributed by atoms with Crippen LogP contribution in [0.5, 0.6) is 0 Å². The third kappa shape index (κ3) is 2.00. The summed E-state index contributed by atoms with van der Waals surface area (Å²) in [5.74, 6) is 0.224. The van der Waals surface area contributed by atoms with Crippen LogP contribution in [0.2, 0.25) is 0 Å². The van der Waals surface area contributed by atoms with Crippen molar-refractivity contribution in [3.8, 4) is 6.07 Å². The Labute approximate surface area is 106 Å². The SMILES string of the molecule is N#CC(=CNc1cccc2ocnc12)c1nn[nH]n1. The van der Waals surface area contributed by atoms with Crippen molar-refractivity contribution in [1.29, 1.82) is 5.26 Å². The number of benzene rings is 1. The Balaban J connectivity index is 1.93. The van der Waals surface area contributed by atoms with Gasteiger partial charge in [-0.1, -0.05) is 6.07 Å². The fourth-order valence-corrected chi connectivity index (χ4v) is 1.58. The first-order valence-electron chi connectivity index (χ1n) is 5.31. The predicted octanol–water partition coefficient (Wildman–Crippen LogP) is 1.32. The molecular formula is C11H7N7O. The van der Waals surface area contributed by atoms with Crippen LogP contribution in [0.3, 0.4) is 0 Å². The number of rotatable bonds is 3. The van der Waals surface area contributed by atoms with Crippen molar-refractivity contribution >= 4 is 22.4 Å². The van der Waals surface area contributed by atoms with Crippen LogP contribution in [-0.2, 0) is 0 Å². The van der Waals surface area contributed by atoms with Gasteiger partial charge in [0.05, 0.1) is 5.69 Å². The number of hydrogen-bond donors (Lipinski definition) is 2. The molecule has 8 heteroatoms. The quantitative estimate of drug-likeness (QED) is 0.676. The molecule has 0 bridgehead atoms. The lowest BCUT2D eigenvalue weighted by Gasteiger charge is -2.00. The van der Waals surface area contributed by atoms with Crippen molar-refractivity contribution in [2.75, 3.05) is 5.32 Å². The van der Waals surface area contributed by atoms with Crippen LogP contribution in [0, 0.1) is 11.3 Å². The molecule has 0 aliphatic rings. The van der Waals surface area contributed by atoms with E-state index in [1.807, 2.05) is 24.3 Å². The van der Waals surface area contributed by atoms with Gasteiger partial charge in [0.25, 0.3) is 0 Å². The van der Waals surface area contributed by atoms with E-state index >= 15 is 0 Å². The number of hydrogen-bond acceptors (Lipinski definition) is 7. The molecule has 0 saturated heterocycles. The number of nitrogens with zero attached hydrogens (tertiary/aromatic N) is 5. The van der Waals surface area contributed by atoms with E-state index in [-0.39, 0.29) is 11.4 Å². The second-order valence-electron chi connectivity index (χ2n) is 3.55. The molecule has 0 radical (unpaired) electrons. The fraction of sp³-hybridized carbons (Fsp3) is 0. The summed E-state index contributed by atoms with van der Waals surface area (Å²) >= 11 is 0. The van der Waals surface area contributed by atoms with Crippen LogP contribution in [0.4, 0.5) is 5.69 Å². The average Bonchev–Trinajstić information content (AvgIpc) is 3.10. The number of aromatic nitrogens is 5. The summed E-state index contributed by atoms with van der Waals surface area (Å²) in [6, 6.07) is 7.44. The zero-order chi connectivity index (χ0) is 13.1. The van der Waals surface area contributed by atoms with Gasteiger partial charge in [-0.2, -0.15) is 10.5 Å². The van der Waals surface area contributed by atoms with Crippen LogP contribution in [0.25, 0.3) is 16.7 Å². The van der Waals surface area contributed by atoms with Crippen molar-refractivity contribution < 1.29 is 4.42 Å². The van der Waals surface area contributed by atoms with Crippen LogP contribution in [-0.4, -0.2) is 25.6 Å². The van der Waals surface area contributed by atoms with E-state index in [0.29, 0.717) is 11.1 Å². The molecule has 3 rings (SSSR count). The monoisotopic (exact) mass is 253 g/mol. The van der Waals surface area contributed by atoms with E-state index in [0.717, 1.165) is 5.69 Å². The average molecular weight is 253 g/mol. The first kappa shape index (κ1) is 10.9. The molecule has 19 heavy (non-hydrogen) atoms. The van der Waals surface area contributed by atoms with Crippen LogP contribution < -0.4 is 5.32 Å². The first-order valence-corrected chi connectivity index (χ1v) is 5.31. The van der Waals surface area contributed by atoms with E-state index in [2.05, 4.69) is 30.9 Å². The van der Waals surface area contributed by atoms with Gasteiger partial charge >= 0.3 is 0 Å². The molecule has 92 valence electrons. The van der Waals surface area contributed by atoms with E-state index in [9.17, 15) is 0 Å². The normalized spacial score (nSPS) is 11.4. The van der Waals surface area contributed by atoms with E-state index in [1.165, 1.54) is 12.6 Å². The number of aromatic amines is 1. The number of nitrogens with one attached hydrogen (secondary N) is 2. The van der Waals surface area contributed by atoms with E-state index < -0.39 is 0 Å². The summed E-state index contributed by atoms with van der Waals surface area (Å²) in [5, 5.41) is 25.2. The van der Waals surface area contributed by atoms with Crippen LogP contribution in [0.15, 0.2) is 35.2 Å². The molecule has 2 N–H and O–H groups in total. The Morgan fingerprint density at radius 1 is 1.47 bits per heavy atom. The molecule has 2 heterocycles. The smallest absolute Gasteiger partial charge is 0.216 e. The van der Waals surface area contributed by atoms with Gasteiger partial charge in [-0.15, -0.1) is 10.2 Å². The number of oxazole rings is 1. The summed E-state index contributed by atoms with van der Waals surface area (Å²) in [6.45, 7) is 0. The van der Waals surface area contributed by atoms with Crippen molar-refractivity contribution in [3.63, 3.8) is 0 Å². The Kier molecular flexibility index (Phi) is 2.63. The molecule has 2 aromatic heterocycles. The molecular weight excluding hydrogens is 246 g/mol. The zero-order valence-corrected chi connectivity index (χ0v) is 9.53. The van der Waals surface area contributed by atoms with Gasteiger partial charge in [0.2, 0.25) is 5.82 Å². The number of anilines is 1. The Morgan fingerprint density at radius 3 is 3.21 bits per heavy atom. The maximum atomic E-state index is 9.04. The molecule has 0 aliphatic heterocycles. The number of para-hydroxylation sites is 1. The summed E-state index contributed by atoms with van der Waals surface area (Å²) < 4.78 is 5.19. The molecule has 1 aromatic carbocycles. The van der Waals surface area contributed by atoms with E-state index in [1.54, 1.807) is 0 Å². The highest BCUT2D eigenvalue weighted by Crippen LogP contribution is 2.22. The molecule has 0 unspecified atom stereocenters. The van der Waals surface area contributed by atoms with Crippen LogP contribution in [0.1, 0.15) is 5.82 Å². The number of H-pyrrole nitrogens is 1. The number of fused-ring (bicyclic) bond motifs is 1. The van der Waals surface area contributed by atoms with Crippen LogP contribution >= 0.6 is 0 Å². The fourth-order valence-electron chi connectivity index (χ4n) is 1.58. The van der Waals surface area contributed by atoms with Gasteiger partial charge in [0.15, 0.2) is 12.0 Å². The van der Waals surface area contributed by atoms with Crippen molar-refractivity contribution in [3.05, 3.63) is 36.6 Å². The Bertz CT molecular complexity index is 766. The lowest BCUT2D eigenvalue weighted by Crippen LogP contribution is -1.93. The van der Waals surface area contributed by atoms with Crippen molar-refractivity contribution in [1.82, 2.24) is 25.6 Å². The Morgan fingerprint density at radius 2 is 2.42 bits per heavy atom. The minimum atomic E-state index is 0.224. The van der Waals surface area contributed by atoms with Gasteiger partial charge in [-0.25, -0.2) is 4.98 Å². The summed E-state index contributed by atoms with van der Waals surface area (Å²) in [7, 11) is 0. The zero-order valence-electron chi connectivity index (χ0n) is 9.53. The largest absolute Gasteiger partial charge is 0.443 e. The highest BCUT2D eigenvalue weighted by atomic mass is 16.3. The number of allylic oxidation sites excluding steroid dienone is 1. The third-order valence-electron chi connectivity index (χ3n) is 2.44. The number of nitriles is 1. The molecule has 0 spiro atoms. The molecule has 0 fully saturated rings. The highest BCUT2D eigenvalue weighted by Gasteiger charge is 2.07. The van der Waals surface area contributed by atoms with Gasteiger partial charge < -0.3 is 9.73 Å². The lowest BCUT2D eigenvalue weighted by atomic mass is 10.2. The molecule has 3 aromatic rings. The Hall–Kier alpha value is -3.21. The van der Waals surface area contributed by atoms with E-state index in [4.69, 9.17) is 9.68 Å². The van der Waals surface area contributed by atoms with Gasteiger partial charge in [0.1, 0.15) is 17.2 Å². The standard InChI is InChI=1S/C11H7N7O/c12-4-7(11-15-17-18-16-11)5-13-8-2-1-3-9-10(8)14-6-19-9/h1-3,5-6,13H,(H,15,16,17,18). The molecule has 8 nitrogen and oxygen atoms in total.